The number of carbonyl (C=O) groups excluding carboxylic acids is 2. The van der Waals surface area contributed by atoms with Gasteiger partial charge in [0.1, 0.15) is 5.82 Å². The summed E-state index contributed by atoms with van der Waals surface area (Å²) in [5.74, 6) is -0.197. The van der Waals surface area contributed by atoms with E-state index in [1.807, 2.05) is 19.1 Å². The molecule has 3 aromatic rings. The molecular formula is C21H18ClN3O3. The standard InChI is InChI=1S/C21H18ClN3O3/c1-13-3-6-16(22)12-18(13)25-19-11-15(9-10-23-19)20(26)24-17-7-4-14(5-8-17)21(27)28-2/h3-12H,1-2H3,(H,23,25)(H,24,26). The van der Waals surface area contributed by atoms with Crippen LogP contribution >= 0.6 is 11.6 Å². The average molecular weight is 396 g/mol. The Labute approximate surface area is 167 Å². The van der Waals surface area contributed by atoms with Crippen molar-refractivity contribution in [2.45, 2.75) is 6.92 Å². The second-order valence-electron chi connectivity index (χ2n) is 6.04. The lowest BCUT2D eigenvalue weighted by molar-refractivity contribution is 0.0600. The smallest absolute Gasteiger partial charge is 0.337 e. The third-order valence-corrected chi connectivity index (χ3v) is 4.28. The Morgan fingerprint density at radius 2 is 1.75 bits per heavy atom. The molecule has 0 spiro atoms. The number of aromatic nitrogens is 1. The van der Waals surface area contributed by atoms with Crippen molar-refractivity contribution in [1.29, 1.82) is 0 Å². The highest BCUT2D eigenvalue weighted by molar-refractivity contribution is 6.30. The van der Waals surface area contributed by atoms with Gasteiger partial charge in [0.15, 0.2) is 0 Å². The molecule has 0 bridgehead atoms. The van der Waals surface area contributed by atoms with E-state index in [2.05, 4.69) is 20.4 Å². The molecule has 0 radical (unpaired) electrons. The number of pyridine rings is 1. The molecule has 0 saturated carbocycles. The topological polar surface area (TPSA) is 80.3 Å². The summed E-state index contributed by atoms with van der Waals surface area (Å²) in [7, 11) is 1.32. The molecule has 1 heterocycles. The number of carbonyl (C=O) groups is 2. The number of nitrogens with zero attached hydrogens (tertiary/aromatic N) is 1. The predicted octanol–water partition coefficient (Wildman–Crippen LogP) is 4.83. The number of methoxy groups -OCH3 is 1. The molecule has 0 aliphatic rings. The van der Waals surface area contributed by atoms with Crippen molar-refractivity contribution >= 4 is 40.7 Å². The molecular weight excluding hydrogens is 378 g/mol. The molecule has 0 fully saturated rings. The number of ether oxygens (including phenoxy) is 1. The van der Waals surface area contributed by atoms with Crippen LogP contribution in [0.2, 0.25) is 5.02 Å². The molecule has 0 aliphatic heterocycles. The zero-order valence-corrected chi connectivity index (χ0v) is 16.1. The minimum absolute atomic E-state index is 0.293. The molecule has 142 valence electrons. The van der Waals surface area contributed by atoms with Crippen LogP contribution in [0.15, 0.2) is 60.8 Å². The van der Waals surface area contributed by atoms with Crippen LogP contribution in [0.1, 0.15) is 26.3 Å². The molecule has 3 rings (SSSR count). The Morgan fingerprint density at radius 3 is 2.46 bits per heavy atom. The van der Waals surface area contributed by atoms with Crippen LogP contribution in [0.5, 0.6) is 0 Å². The van der Waals surface area contributed by atoms with Gasteiger partial charge in [-0.3, -0.25) is 4.79 Å². The normalized spacial score (nSPS) is 10.2. The zero-order valence-electron chi connectivity index (χ0n) is 15.3. The summed E-state index contributed by atoms with van der Waals surface area (Å²) in [6.07, 6.45) is 1.55. The van der Waals surface area contributed by atoms with Crippen molar-refractivity contribution in [3.05, 3.63) is 82.5 Å². The van der Waals surface area contributed by atoms with Crippen molar-refractivity contribution in [3.8, 4) is 0 Å². The summed E-state index contributed by atoms with van der Waals surface area (Å²) < 4.78 is 4.66. The number of amides is 1. The number of aryl methyl sites for hydroxylation is 1. The van der Waals surface area contributed by atoms with Crippen molar-refractivity contribution in [3.63, 3.8) is 0 Å². The molecule has 7 heteroatoms. The number of hydrogen-bond donors (Lipinski definition) is 2. The van der Waals surface area contributed by atoms with E-state index in [-0.39, 0.29) is 5.91 Å². The minimum Gasteiger partial charge on any atom is -0.465 e. The SMILES string of the molecule is COC(=O)c1ccc(NC(=O)c2ccnc(Nc3cc(Cl)ccc3C)c2)cc1. The molecule has 6 nitrogen and oxygen atoms in total. The number of anilines is 3. The second-order valence-corrected chi connectivity index (χ2v) is 6.47. The Kier molecular flexibility index (Phi) is 5.91. The van der Waals surface area contributed by atoms with Crippen LogP contribution in [0.4, 0.5) is 17.2 Å². The summed E-state index contributed by atoms with van der Waals surface area (Å²) in [5.41, 5.74) is 3.24. The number of nitrogens with one attached hydrogen (secondary N) is 2. The van der Waals surface area contributed by atoms with Crippen LogP contribution in [0, 0.1) is 6.92 Å². The van der Waals surface area contributed by atoms with E-state index in [0.717, 1.165) is 11.3 Å². The fourth-order valence-electron chi connectivity index (χ4n) is 2.52. The molecule has 2 N–H and O–H groups in total. The van der Waals surface area contributed by atoms with E-state index in [4.69, 9.17) is 11.6 Å². The van der Waals surface area contributed by atoms with Crippen LogP contribution in [-0.2, 0) is 4.74 Å². The maximum Gasteiger partial charge on any atom is 0.337 e. The summed E-state index contributed by atoms with van der Waals surface area (Å²) >= 11 is 6.04. The Hall–Kier alpha value is -3.38. The highest BCUT2D eigenvalue weighted by atomic mass is 35.5. The van der Waals surface area contributed by atoms with Gasteiger partial charge in [-0.25, -0.2) is 9.78 Å². The first-order valence-corrected chi connectivity index (χ1v) is 8.83. The van der Waals surface area contributed by atoms with Crippen LogP contribution in [-0.4, -0.2) is 24.0 Å². The van der Waals surface area contributed by atoms with E-state index in [9.17, 15) is 9.59 Å². The fraction of sp³-hybridized carbons (Fsp3) is 0.0952. The lowest BCUT2D eigenvalue weighted by Crippen LogP contribution is -2.12. The quantitative estimate of drug-likeness (QED) is 0.605. The largest absolute Gasteiger partial charge is 0.465 e. The number of halogens is 1. The molecule has 28 heavy (non-hydrogen) atoms. The van der Waals surface area contributed by atoms with Crippen molar-refractivity contribution < 1.29 is 14.3 Å². The minimum atomic E-state index is -0.431. The molecule has 0 unspecified atom stereocenters. The van der Waals surface area contributed by atoms with Gasteiger partial charge in [0, 0.05) is 28.2 Å². The van der Waals surface area contributed by atoms with Gasteiger partial charge in [-0.05, 0) is 61.0 Å². The van der Waals surface area contributed by atoms with Gasteiger partial charge in [0.2, 0.25) is 0 Å². The molecule has 0 aliphatic carbocycles. The average Bonchev–Trinajstić information content (AvgIpc) is 2.71. The third kappa shape index (κ3) is 4.66. The van der Waals surface area contributed by atoms with Crippen LogP contribution in [0.25, 0.3) is 0 Å². The number of rotatable bonds is 5. The molecule has 1 aromatic heterocycles. The predicted molar refractivity (Wildman–Crippen MR) is 109 cm³/mol. The molecule has 0 saturated heterocycles. The van der Waals surface area contributed by atoms with Gasteiger partial charge in [-0.15, -0.1) is 0 Å². The summed E-state index contributed by atoms with van der Waals surface area (Å²) in [6.45, 7) is 1.95. The first-order chi connectivity index (χ1) is 13.5. The van der Waals surface area contributed by atoms with E-state index >= 15 is 0 Å². The van der Waals surface area contributed by atoms with E-state index in [0.29, 0.717) is 27.7 Å². The highest BCUT2D eigenvalue weighted by Crippen LogP contribution is 2.23. The first-order valence-electron chi connectivity index (χ1n) is 8.45. The van der Waals surface area contributed by atoms with E-state index < -0.39 is 5.97 Å². The van der Waals surface area contributed by atoms with Crippen molar-refractivity contribution in [2.75, 3.05) is 17.7 Å². The zero-order chi connectivity index (χ0) is 20.1. The lowest BCUT2D eigenvalue weighted by Gasteiger charge is -2.11. The monoisotopic (exact) mass is 395 g/mol. The van der Waals surface area contributed by atoms with Crippen molar-refractivity contribution in [2.24, 2.45) is 0 Å². The number of hydrogen-bond acceptors (Lipinski definition) is 5. The highest BCUT2D eigenvalue weighted by Gasteiger charge is 2.10. The maximum atomic E-state index is 12.5. The number of benzene rings is 2. The first kappa shape index (κ1) is 19.4. The van der Waals surface area contributed by atoms with Crippen molar-refractivity contribution in [1.82, 2.24) is 4.98 Å². The van der Waals surface area contributed by atoms with Gasteiger partial charge >= 0.3 is 5.97 Å². The summed E-state index contributed by atoms with van der Waals surface area (Å²) in [5, 5.41) is 6.57. The molecule has 2 aromatic carbocycles. The maximum absolute atomic E-state index is 12.5. The van der Waals surface area contributed by atoms with Gasteiger partial charge in [0.25, 0.3) is 5.91 Å². The molecule has 1 amide bonds. The Bertz CT molecular complexity index is 1020. The lowest BCUT2D eigenvalue weighted by atomic mass is 10.2. The summed E-state index contributed by atoms with van der Waals surface area (Å²) in [4.78, 5) is 28.3. The second kappa shape index (κ2) is 8.54. The number of esters is 1. The van der Waals surface area contributed by atoms with Crippen LogP contribution in [0.3, 0.4) is 0 Å². The third-order valence-electron chi connectivity index (χ3n) is 4.05. The van der Waals surface area contributed by atoms with Gasteiger partial charge in [-0.1, -0.05) is 17.7 Å². The molecule has 0 atom stereocenters. The Balaban J connectivity index is 1.73. The van der Waals surface area contributed by atoms with E-state index in [1.165, 1.54) is 7.11 Å². The van der Waals surface area contributed by atoms with Gasteiger partial charge in [-0.2, -0.15) is 0 Å². The van der Waals surface area contributed by atoms with E-state index in [1.54, 1.807) is 48.7 Å². The fourth-order valence-corrected chi connectivity index (χ4v) is 2.69. The van der Waals surface area contributed by atoms with Crippen LogP contribution < -0.4 is 10.6 Å². The van der Waals surface area contributed by atoms with Gasteiger partial charge < -0.3 is 15.4 Å². The van der Waals surface area contributed by atoms with Gasteiger partial charge in [0.05, 0.1) is 12.7 Å². The summed E-state index contributed by atoms with van der Waals surface area (Å²) in [6, 6.07) is 15.2. The Morgan fingerprint density at radius 1 is 1.00 bits per heavy atom.